The summed E-state index contributed by atoms with van der Waals surface area (Å²) in [7, 11) is 0. The molecule has 0 spiro atoms. The summed E-state index contributed by atoms with van der Waals surface area (Å²) in [4.78, 5) is 26.2. The molecule has 23 heavy (non-hydrogen) atoms. The Balaban J connectivity index is 1.90. The molecule has 0 bridgehead atoms. The number of carbonyl (C=O) groups is 2. The molecule has 2 aromatic carbocycles. The highest BCUT2D eigenvalue weighted by Crippen LogP contribution is 2.30. The van der Waals surface area contributed by atoms with Gasteiger partial charge < -0.3 is 5.32 Å². The molecule has 118 valence electrons. The minimum atomic E-state index is -1.09. The maximum Gasteiger partial charge on any atom is 0.325 e. The van der Waals surface area contributed by atoms with Crippen LogP contribution in [0.1, 0.15) is 18.1 Å². The van der Waals surface area contributed by atoms with Crippen LogP contribution in [0.3, 0.4) is 0 Å². The summed E-state index contributed by atoms with van der Waals surface area (Å²) in [6.45, 7) is 1.76. The first-order chi connectivity index (χ1) is 10.9. The van der Waals surface area contributed by atoms with E-state index in [0.29, 0.717) is 10.0 Å². The first-order valence-corrected chi connectivity index (χ1v) is 7.84. The van der Waals surface area contributed by atoms with Crippen LogP contribution in [0.2, 0.25) is 0 Å². The topological polar surface area (TPSA) is 49.4 Å². The van der Waals surface area contributed by atoms with Crippen molar-refractivity contribution in [3.63, 3.8) is 0 Å². The van der Waals surface area contributed by atoms with E-state index in [1.807, 2.05) is 18.2 Å². The molecule has 4 nitrogen and oxygen atoms in total. The fraction of sp³-hybridized carbons (Fsp3) is 0.176. The van der Waals surface area contributed by atoms with Gasteiger partial charge in [0.15, 0.2) is 0 Å². The van der Waals surface area contributed by atoms with Crippen LogP contribution in [0.4, 0.5) is 9.18 Å². The Morgan fingerprint density at radius 3 is 2.52 bits per heavy atom. The number of benzene rings is 2. The number of imide groups is 1. The van der Waals surface area contributed by atoms with Crippen molar-refractivity contribution in [3.8, 4) is 0 Å². The molecule has 1 aliphatic heterocycles. The summed E-state index contributed by atoms with van der Waals surface area (Å²) in [6, 6.07) is 12.8. The predicted octanol–water partition coefficient (Wildman–Crippen LogP) is 3.56. The average Bonchev–Trinajstić information content (AvgIpc) is 2.75. The van der Waals surface area contributed by atoms with Crippen LogP contribution in [-0.4, -0.2) is 16.8 Å². The van der Waals surface area contributed by atoms with Crippen LogP contribution < -0.4 is 5.32 Å². The van der Waals surface area contributed by atoms with Gasteiger partial charge in [0.1, 0.15) is 11.4 Å². The van der Waals surface area contributed by atoms with Gasteiger partial charge in [-0.15, -0.1) is 0 Å². The summed E-state index contributed by atoms with van der Waals surface area (Å²) >= 11 is 3.26. The number of nitrogens with zero attached hydrogens (tertiary/aromatic N) is 1. The fourth-order valence-electron chi connectivity index (χ4n) is 2.63. The highest BCUT2D eigenvalue weighted by Gasteiger charge is 2.48. The highest BCUT2D eigenvalue weighted by molar-refractivity contribution is 9.10. The van der Waals surface area contributed by atoms with Crippen LogP contribution in [0.5, 0.6) is 0 Å². The van der Waals surface area contributed by atoms with E-state index in [-0.39, 0.29) is 18.3 Å². The third kappa shape index (κ3) is 2.74. The zero-order valence-electron chi connectivity index (χ0n) is 12.3. The molecule has 3 rings (SSSR count). The van der Waals surface area contributed by atoms with Crippen molar-refractivity contribution in [3.05, 3.63) is 69.9 Å². The molecule has 3 amide bonds. The van der Waals surface area contributed by atoms with E-state index in [9.17, 15) is 14.0 Å². The minimum absolute atomic E-state index is 0.0773. The Morgan fingerprint density at radius 1 is 1.17 bits per heavy atom. The number of carbonyl (C=O) groups excluding carboxylic acids is 2. The average molecular weight is 377 g/mol. The molecule has 1 N–H and O–H groups in total. The molecule has 1 unspecified atom stereocenters. The van der Waals surface area contributed by atoms with Gasteiger partial charge in [0.05, 0.1) is 6.54 Å². The number of hydrogen-bond donors (Lipinski definition) is 1. The molecule has 1 heterocycles. The van der Waals surface area contributed by atoms with Crippen LogP contribution in [0.15, 0.2) is 53.0 Å². The molecule has 0 saturated carbocycles. The fourth-order valence-corrected chi connectivity index (χ4v) is 3.10. The Kier molecular flexibility index (Phi) is 3.93. The van der Waals surface area contributed by atoms with Gasteiger partial charge in [0.25, 0.3) is 5.91 Å². The van der Waals surface area contributed by atoms with E-state index in [4.69, 9.17) is 0 Å². The summed E-state index contributed by atoms with van der Waals surface area (Å²) in [5.41, 5.74) is 0.288. The lowest BCUT2D eigenvalue weighted by atomic mass is 9.92. The Morgan fingerprint density at radius 2 is 1.87 bits per heavy atom. The molecule has 0 aromatic heterocycles. The van der Waals surface area contributed by atoms with Crippen molar-refractivity contribution < 1.29 is 14.0 Å². The second-order valence-corrected chi connectivity index (χ2v) is 6.40. The molecular weight excluding hydrogens is 363 g/mol. The summed E-state index contributed by atoms with van der Waals surface area (Å²) < 4.78 is 13.7. The van der Waals surface area contributed by atoms with Crippen molar-refractivity contribution in [1.82, 2.24) is 10.2 Å². The van der Waals surface area contributed by atoms with E-state index in [0.717, 1.165) is 10.5 Å². The summed E-state index contributed by atoms with van der Waals surface area (Å²) in [6.07, 6.45) is 0. The zero-order valence-corrected chi connectivity index (χ0v) is 13.9. The van der Waals surface area contributed by atoms with Gasteiger partial charge in [0.2, 0.25) is 0 Å². The monoisotopic (exact) mass is 376 g/mol. The SMILES string of the molecule is CC1(c2ccccc2)NC(=O)N(Cc2ccc(F)cc2Br)C1=O. The maximum atomic E-state index is 13.2. The van der Waals surface area contributed by atoms with Crippen LogP contribution in [0, 0.1) is 5.82 Å². The molecule has 1 saturated heterocycles. The molecule has 0 aliphatic carbocycles. The molecule has 1 aliphatic rings. The van der Waals surface area contributed by atoms with Gasteiger partial charge in [-0.25, -0.2) is 9.18 Å². The largest absolute Gasteiger partial charge is 0.325 e. The van der Waals surface area contributed by atoms with Crippen molar-refractivity contribution in [2.24, 2.45) is 0 Å². The van der Waals surface area contributed by atoms with Gasteiger partial charge in [-0.05, 0) is 30.2 Å². The lowest BCUT2D eigenvalue weighted by Crippen LogP contribution is -2.40. The lowest BCUT2D eigenvalue weighted by molar-refractivity contribution is -0.131. The lowest BCUT2D eigenvalue weighted by Gasteiger charge is -2.22. The minimum Gasteiger partial charge on any atom is -0.319 e. The second-order valence-electron chi connectivity index (χ2n) is 5.55. The smallest absolute Gasteiger partial charge is 0.319 e. The van der Waals surface area contributed by atoms with Crippen LogP contribution in [0.25, 0.3) is 0 Å². The molecule has 2 aromatic rings. The normalized spacial score (nSPS) is 20.7. The quantitative estimate of drug-likeness (QED) is 0.832. The van der Waals surface area contributed by atoms with Crippen molar-refractivity contribution >= 4 is 27.9 Å². The highest BCUT2D eigenvalue weighted by atomic mass is 79.9. The van der Waals surface area contributed by atoms with E-state index in [1.165, 1.54) is 12.1 Å². The number of urea groups is 1. The van der Waals surface area contributed by atoms with Crippen molar-refractivity contribution in [2.75, 3.05) is 0 Å². The molecule has 6 heteroatoms. The van der Waals surface area contributed by atoms with Gasteiger partial charge in [-0.1, -0.05) is 52.3 Å². The predicted molar refractivity (Wildman–Crippen MR) is 87.0 cm³/mol. The van der Waals surface area contributed by atoms with E-state index in [1.54, 1.807) is 25.1 Å². The molecule has 0 radical (unpaired) electrons. The van der Waals surface area contributed by atoms with Gasteiger partial charge in [-0.3, -0.25) is 9.69 Å². The van der Waals surface area contributed by atoms with Crippen LogP contribution >= 0.6 is 15.9 Å². The first kappa shape index (κ1) is 15.7. The molecule has 1 atom stereocenters. The molecular formula is C17H14BrFN2O2. The third-order valence-corrected chi connectivity index (χ3v) is 4.71. The Labute approximate surface area is 141 Å². The summed E-state index contributed by atoms with van der Waals surface area (Å²) in [5.74, 6) is -0.711. The third-order valence-electron chi connectivity index (χ3n) is 3.97. The van der Waals surface area contributed by atoms with Crippen molar-refractivity contribution in [2.45, 2.75) is 19.0 Å². The molecule has 1 fully saturated rings. The van der Waals surface area contributed by atoms with Gasteiger partial charge in [-0.2, -0.15) is 0 Å². The number of hydrogen-bond acceptors (Lipinski definition) is 2. The Hall–Kier alpha value is -2.21. The van der Waals surface area contributed by atoms with Crippen molar-refractivity contribution in [1.29, 1.82) is 0 Å². The second kappa shape index (κ2) is 5.77. The van der Waals surface area contributed by atoms with E-state index in [2.05, 4.69) is 21.2 Å². The number of nitrogens with one attached hydrogen (secondary N) is 1. The first-order valence-electron chi connectivity index (χ1n) is 7.05. The van der Waals surface area contributed by atoms with E-state index >= 15 is 0 Å². The van der Waals surface area contributed by atoms with Gasteiger partial charge in [0, 0.05) is 4.47 Å². The summed E-state index contributed by atoms with van der Waals surface area (Å²) in [5, 5.41) is 2.75. The zero-order chi connectivity index (χ0) is 16.6. The Bertz CT molecular complexity index is 781. The number of halogens is 2. The number of amides is 3. The standard InChI is InChI=1S/C17H14BrFN2O2/c1-17(12-5-3-2-4-6-12)15(22)21(16(23)20-17)10-11-7-8-13(19)9-14(11)18/h2-9H,10H2,1H3,(H,20,23). The van der Waals surface area contributed by atoms with E-state index < -0.39 is 11.6 Å². The van der Waals surface area contributed by atoms with Gasteiger partial charge >= 0.3 is 6.03 Å². The van der Waals surface area contributed by atoms with Crippen LogP contribution in [-0.2, 0) is 16.9 Å². The maximum absolute atomic E-state index is 13.2. The number of rotatable bonds is 3.